The van der Waals surface area contributed by atoms with E-state index in [-0.39, 0.29) is 6.04 Å². The van der Waals surface area contributed by atoms with Gasteiger partial charge in [-0.25, -0.2) is 4.98 Å². The average Bonchev–Trinajstić information content (AvgIpc) is 2.39. The molecule has 3 nitrogen and oxygen atoms in total. The number of nitrogens with zero attached hydrogens (tertiary/aromatic N) is 2. The summed E-state index contributed by atoms with van der Waals surface area (Å²) in [6, 6.07) is 15.3. The van der Waals surface area contributed by atoms with Crippen molar-refractivity contribution in [3.63, 3.8) is 0 Å². The van der Waals surface area contributed by atoms with Gasteiger partial charge in [0.05, 0.1) is 0 Å². The number of benzene rings is 1. The van der Waals surface area contributed by atoms with Crippen LogP contribution in [0.25, 0.3) is 0 Å². The van der Waals surface area contributed by atoms with Gasteiger partial charge in [-0.1, -0.05) is 36.4 Å². The van der Waals surface area contributed by atoms with Gasteiger partial charge < -0.3 is 10.2 Å². The summed E-state index contributed by atoms with van der Waals surface area (Å²) in [6.07, 6.45) is 0. The largest absolute Gasteiger partial charge is 0.366 e. The zero-order chi connectivity index (χ0) is 14.4. The predicted molar refractivity (Wildman–Crippen MR) is 80.1 cm³/mol. The molecule has 4 heteroatoms. The number of hydrogen-bond donors (Lipinski definition) is 1. The zero-order valence-electron chi connectivity index (χ0n) is 11.9. The maximum Gasteiger partial charge on any atom is 0.214 e. The Hall–Kier alpha value is -1.94. The first-order valence-electron chi connectivity index (χ1n) is 6.75. The highest BCUT2D eigenvalue weighted by atomic mass is 19.1. The third kappa shape index (κ3) is 4.63. The second-order valence-corrected chi connectivity index (χ2v) is 5.07. The van der Waals surface area contributed by atoms with Crippen LogP contribution < -0.4 is 5.32 Å². The molecule has 0 aliphatic carbocycles. The Morgan fingerprint density at radius 3 is 2.60 bits per heavy atom. The topological polar surface area (TPSA) is 28.2 Å². The number of aromatic nitrogens is 1. The standard InChI is InChI=1S/C16H20FN3/c1-13(18-16-10-6-9-15(17)19-16)11-20(2)12-14-7-4-3-5-8-14/h3-10,13H,11-12H2,1-2H3,(H,18,19). The second-order valence-electron chi connectivity index (χ2n) is 5.07. The van der Waals surface area contributed by atoms with Crippen molar-refractivity contribution in [2.24, 2.45) is 0 Å². The summed E-state index contributed by atoms with van der Waals surface area (Å²) in [5, 5.41) is 3.21. The minimum Gasteiger partial charge on any atom is -0.366 e. The second kappa shape index (κ2) is 7.01. The van der Waals surface area contributed by atoms with E-state index in [2.05, 4.69) is 41.3 Å². The van der Waals surface area contributed by atoms with Crippen LogP contribution in [0.5, 0.6) is 0 Å². The van der Waals surface area contributed by atoms with Gasteiger partial charge in [0.15, 0.2) is 0 Å². The lowest BCUT2D eigenvalue weighted by Crippen LogP contribution is -2.32. The van der Waals surface area contributed by atoms with E-state index in [1.807, 2.05) is 18.2 Å². The third-order valence-electron chi connectivity index (χ3n) is 2.99. The molecule has 0 bridgehead atoms. The predicted octanol–water partition coefficient (Wildman–Crippen LogP) is 3.15. The van der Waals surface area contributed by atoms with Crippen LogP contribution >= 0.6 is 0 Å². The van der Waals surface area contributed by atoms with Crippen LogP contribution in [-0.2, 0) is 6.54 Å². The lowest BCUT2D eigenvalue weighted by atomic mass is 10.2. The molecule has 1 heterocycles. The van der Waals surface area contributed by atoms with Gasteiger partial charge in [0.25, 0.3) is 0 Å². The van der Waals surface area contributed by atoms with Gasteiger partial charge in [0.2, 0.25) is 5.95 Å². The first kappa shape index (κ1) is 14.5. The van der Waals surface area contributed by atoms with Gasteiger partial charge >= 0.3 is 0 Å². The van der Waals surface area contributed by atoms with E-state index in [1.165, 1.54) is 11.6 Å². The maximum absolute atomic E-state index is 13.0. The Bertz CT molecular complexity index is 530. The summed E-state index contributed by atoms with van der Waals surface area (Å²) in [5.74, 6) is 0.116. The van der Waals surface area contributed by atoms with Gasteiger partial charge in [-0.15, -0.1) is 0 Å². The molecule has 0 saturated carbocycles. The molecule has 2 rings (SSSR count). The third-order valence-corrected chi connectivity index (χ3v) is 2.99. The minimum absolute atomic E-state index is 0.193. The van der Waals surface area contributed by atoms with Crippen molar-refractivity contribution >= 4 is 5.82 Å². The van der Waals surface area contributed by atoms with Crippen molar-refractivity contribution in [3.05, 3.63) is 60.0 Å². The molecule has 0 saturated heterocycles. The fourth-order valence-corrected chi connectivity index (χ4v) is 2.21. The fourth-order valence-electron chi connectivity index (χ4n) is 2.21. The number of likely N-dealkylation sites (N-methyl/N-ethyl adjacent to an activating group) is 1. The van der Waals surface area contributed by atoms with Crippen molar-refractivity contribution in [2.45, 2.75) is 19.5 Å². The van der Waals surface area contributed by atoms with Crippen LogP contribution in [0.15, 0.2) is 48.5 Å². The summed E-state index contributed by atoms with van der Waals surface area (Å²) in [4.78, 5) is 6.04. The van der Waals surface area contributed by atoms with E-state index >= 15 is 0 Å². The lowest BCUT2D eigenvalue weighted by Gasteiger charge is -2.22. The Morgan fingerprint density at radius 1 is 1.15 bits per heavy atom. The van der Waals surface area contributed by atoms with Gasteiger partial charge in [0, 0.05) is 19.1 Å². The quantitative estimate of drug-likeness (QED) is 0.819. The van der Waals surface area contributed by atoms with Crippen molar-refractivity contribution in [3.8, 4) is 0 Å². The van der Waals surface area contributed by atoms with E-state index in [4.69, 9.17) is 0 Å². The highest BCUT2D eigenvalue weighted by Gasteiger charge is 2.08. The number of nitrogens with one attached hydrogen (secondary N) is 1. The molecular weight excluding hydrogens is 253 g/mol. The Morgan fingerprint density at radius 2 is 1.90 bits per heavy atom. The summed E-state index contributed by atoms with van der Waals surface area (Å²) in [6.45, 7) is 3.81. The molecule has 0 amide bonds. The Labute approximate surface area is 119 Å². The highest BCUT2D eigenvalue weighted by molar-refractivity contribution is 5.34. The maximum atomic E-state index is 13.0. The van der Waals surface area contributed by atoms with Crippen LogP contribution in [0.2, 0.25) is 0 Å². The number of hydrogen-bond acceptors (Lipinski definition) is 3. The molecular formula is C16H20FN3. The van der Waals surface area contributed by atoms with E-state index in [0.717, 1.165) is 13.1 Å². The van der Waals surface area contributed by atoms with Crippen LogP contribution in [0.4, 0.5) is 10.2 Å². The summed E-state index contributed by atoms with van der Waals surface area (Å²) in [7, 11) is 2.07. The fraction of sp³-hybridized carbons (Fsp3) is 0.312. The van der Waals surface area contributed by atoms with Crippen LogP contribution in [0.3, 0.4) is 0 Å². The summed E-state index contributed by atoms with van der Waals surface area (Å²) < 4.78 is 13.0. The van der Waals surface area contributed by atoms with E-state index in [1.54, 1.807) is 12.1 Å². The molecule has 1 N–H and O–H groups in total. The van der Waals surface area contributed by atoms with Gasteiger partial charge in [0.1, 0.15) is 5.82 Å². The van der Waals surface area contributed by atoms with Gasteiger partial charge in [-0.3, -0.25) is 0 Å². The molecule has 0 spiro atoms. The zero-order valence-corrected chi connectivity index (χ0v) is 11.9. The number of rotatable bonds is 6. The summed E-state index contributed by atoms with van der Waals surface area (Å²) in [5.41, 5.74) is 1.28. The van der Waals surface area contributed by atoms with Crippen molar-refractivity contribution in [2.75, 3.05) is 18.9 Å². The van der Waals surface area contributed by atoms with Gasteiger partial charge in [-0.2, -0.15) is 4.39 Å². The van der Waals surface area contributed by atoms with Crippen LogP contribution in [0.1, 0.15) is 12.5 Å². The molecule has 20 heavy (non-hydrogen) atoms. The molecule has 2 aromatic rings. The van der Waals surface area contributed by atoms with E-state index in [0.29, 0.717) is 5.82 Å². The number of halogens is 1. The van der Waals surface area contributed by atoms with E-state index in [9.17, 15) is 4.39 Å². The first-order valence-corrected chi connectivity index (χ1v) is 6.75. The molecule has 1 atom stereocenters. The van der Waals surface area contributed by atoms with Crippen LogP contribution in [-0.4, -0.2) is 29.5 Å². The van der Waals surface area contributed by atoms with Crippen molar-refractivity contribution < 1.29 is 4.39 Å². The average molecular weight is 273 g/mol. The Balaban J connectivity index is 1.83. The molecule has 0 aliphatic heterocycles. The highest BCUT2D eigenvalue weighted by Crippen LogP contribution is 2.07. The van der Waals surface area contributed by atoms with Crippen LogP contribution in [0, 0.1) is 5.95 Å². The van der Waals surface area contributed by atoms with Gasteiger partial charge in [-0.05, 0) is 31.7 Å². The SMILES string of the molecule is CC(CN(C)Cc1ccccc1)Nc1cccc(F)n1. The molecule has 106 valence electrons. The minimum atomic E-state index is -0.458. The molecule has 1 aromatic heterocycles. The first-order chi connectivity index (χ1) is 9.63. The lowest BCUT2D eigenvalue weighted by molar-refractivity contribution is 0.316. The molecule has 0 aliphatic rings. The molecule has 0 fully saturated rings. The molecule has 1 unspecified atom stereocenters. The smallest absolute Gasteiger partial charge is 0.214 e. The monoisotopic (exact) mass is 273 g/mol. The molecule has 0 radical (unpaired) electrons. The Kier molecular flexibility index (Phi) is 5.07. The normalized spacial score (nSPS) is 12.4. The molecule has 1 aromatic carbocycles. The van der Waals surface area contributed by atoms with Crippen molar-refractivity contribution in [1.82, 2.24) is 9.88 Å². The van der Waals surface area contributed by atoms with E-state index < -0.39 is 5.95 Å². The number of anilines is 1. The summed E-state index contributed by atoms with van der Waals surface area (Å²) >= 11 is 0. The van der Waals surface area contributed by atoms with Crippen molar-refractivity contribution in [1.29, 1.82) is 0 Å². The number of pyridine rings is 1.